The van der Waals surface area contributed by atoms with Crippen LogP contribution in [0.4, 0.5) is 14.5 Å². The van der Waals surface area contributed by atoms with Crippen molar-refractivity contribution in [2.45, 2.75) is 18.5 Å². The molecular weight excluding hydrogens is 451 g/mol. The molecule has 3 aromatic rings. The lowest BCUT2D eigenvalue weighted by atomic mass is 9.92. The van der Waals surface area contributed by atoms with Gasteiger partial charge in [-0.05, 0) is 60.5 Å². The van der Waals surface area contributed by atoms with Gasteiger partial charge in [0.2, 0.25) is 0 Å². The molecule has 0 spiro atoms. The van der Waals surface area contributed by atoms with E-state index in [2.05, 4.69) is 9.80 Å². The van der Waals surface area contributed by atoms with Gasteiger partial charge in [-0.1, -0.05) is 47.5 Å². The highest BCUT2D eigenvalue weighted by atomic mass is 35.5. The third-order valence-corrected chi connectivity index (χ3v) is 6.35. The molecule has 0 radical (unpaired) electrons. The van der Waals surface area contributed by atoms with Gasteiger partial charge in [0.05, 0.1) is 12.1 Å². The van der Waals surface area contributed by atoms with Crippen LogP contribution in [0.2, 0.25) is 10.0 Å². The molecule has 1 aliphatic heterocycles. The van der Waals surface area contributed by atoms with Crippen LogP contribution in [-0.2, 0) is 0 Å². The number of benzene rings is 3. The molecule has 1 saturated heterocycles. The molecule has 4 rings (SSSR count). The Morgan fingerprint density at radius 2 is 1.38 bits per heavy atom. The van der Waals surface area contributed by atoms with Crippen molar-refractivity contribution in [3.63, 3.8) is 0 Å². The molecule has 3 aromatic carbocycles. The minimum Gasteiger partial charge on any atom is -0.366 e. The van der Waals surface area contributed by atoms with Crippen LogP contribution in [0.3, 0.4) is 0 Å². The van der Waals surface area contributed by atoms with Gasteiger partial charge in [0.25, 0.3) is 0 Å². The smallest absolute Gasteiger partial charge is 0.128 e. The van der Waals surface area contributed by atoms with Crippen LogP contribution in [0, 0.1) is 11.6 Å². The second kappa shape index (κ2) is 10.2. The molecule has 32 heavy (non-hydrogen) atoms. The fourth-order valence-corrected chi connectivity index (χ4v) is 4.54. The van der Waals surface area contributed by atoms with Crippen LogP contribution in [0.1, 0.15) is 23.6 Å². The third kappa shape index (κ3) is 5.24. The minimum absolute atomic E-state index is 0.0291. The average Bonchev–Trinajstić information content (AvgIpc) is 2.73. The van der Waals surface area contributed by atoms with E-state index in [4.69, 9.17) is 28.9 Å². The standard InChI is InChI=1S/C25H25Cl2F2N3/c26-19-6-2-17(3-7-19)25(18-4-8-20(27)9-5-18)31-15-24(16-31)32(11-1-10-30)23-13-21(28)12-22(29)14-23/h2-9,12-14,24-25H,1,10-11,15-16,30H2. The summed E-state index contributed by atoms with van der Waals surface area (Å²) in [6.45, 7) is 2.66. The summed E-state index contributed by atoms with van der Waals surface area (Å²) in [4.78, 5) is 4.42. The highest BCUT2D eigenvalue weighted by Gasteiger charge is 2.37. The first-order valence-corrected chi connectivity index (χ1v) is 11.4. The number of rotatable bonds is 8. The van der Waals surface area contributed by atoms with Crippen molar-refractivity contribution in [1.82, 2.24) is 4.90 Å². The summed E-state index contributed by atoms with van der Waals surface area (Å²) in [7, 11) is 0. The van der Waals surface area contributed by atoms with Gasteiger partial charge in [-0.2, -0.15) is 0 Å². The highest BCUT2D eigenvalue weighted by Crippen LogP contribution is 2.36. The molecule has 2 N–H and O–H groups in total. The summed E-state index contributed by atoms with van der Waals surface area (Å²) < 4.78 is 27.8. The summed E-state index contributed by atoms with van der Waals surface area (Å²) in [5.74, 6) is -1.15. The lowest BCUT2D eigenvalue weighted by molar-refractivity contribution is 0.108. The fraction of sp³-hybridized carbons (Fsp3) is 0.280. The maximum atomic E-state index is 13.9. The molecule has 3 nitrogen and oxygen atoms in total. The second-order valence-corrected chi connectivity index (χ2v) is 8.95. The van der Waals surface area contributed by atoms with E-state index in [1.54, 1.807) is 0 Å². The first-order valence-electron chi connectivity index (χ1n) is 10.6. The normalized spacial score (nSPS) is 14.6. The second-order valence-electron chi connectivity index (χ2n) is 8.08. The van der Waals surface area contributed by atoms with Crippen molar-refractivity contribution in [2.75, 3.05) is 31.1 Å². The van der Waals surface area contributed by atoms with Crippen molar-refractivity contribution in [2.24, 2.45) is 5.73 Å². The maximum absolute atomic E-state index is 13.9. The van der Waals surface area contributed by atoms with Crippen molar-refractivity contribution in [3.8, 4) is 0 Å². The third-order valence-electron chi connectivity index (χ3n) is 5.85. The van der Waals surface area contributed by atoms with Gasteiger partial charge in [0, 0.05) is 41.4 Å². The molecule has 1 fully saturated rings. The van der Waals surface area contributed by atoms with Crippen molar-refractivity contribution in [1.29, 1.82) is 0 Å². The van der Waals surface area contributed by atoms with Gasteiger partial charge in [0.1, 0.15) is 11.6 Å². The van der Waals surface area contributed by atoms with Crippen LogP contribution in [-0.4, -0.2) is 37.1 Å². The van der Waals surface area contributed by atoms with E-state index >= 15 is 0 Å². The summed E-state index contributed by atoms with van der Waals surface area (Å²) >= 11 is 12.2. The largest absolute Gasteiger partial charge is 0.366 e. The van der Waals surface area contributed by atoms with E-state index in [9.17, 15) is 8.78 Å². The summed E-state index contributed by atoms with van der Waals surface area (Å²) in [6, 6.07) is 19.5. The number of likely N-dealkylation sites (tertiary alicyclic amines) is 1. The van der Waals surface area contributed by atoms with E-state index in [1.165, 1.54) is 12.1 Å². The molecular formula is C25H25Cl2F2N3. The lowest BCUT2D eigenvalue weighted by Gasteiger charge is -2.50. The lowest BCUT2D eigenvalue weighted by Crippen LogP contribution is -2.60. The number of halogens is 4. The number of hydrogen-bond acceptors (Lipinski definition) is 3. The van der Waals surface area contributed by atoms with E-state index < -0.39 is 11.6 Å². The van der Waals surface area contributed by atoms with Crippen LogP contribution < -0.4 is 10.6 Å². The fourth-order valence-electron chi connectivity index (χ4n) is 4.29. The van der Waals surface area contributed by atoms with Crippen LogP contribution in [0.5, 0.6) is 0 Å². The maximum Gasteiger partial charge on any atom is 0.128 e. The zero-order valence-electron chi connectivity index (χ0n) is 17.5. The van der Waals surface area contributed by atoms with Crippen LogP contribution in [0.15, 0.2) is 66.7 Å². The molecule has 0 saturated carbocycles. The van der Waals surface area contributed by atoms with Gasteiger partial charge in [-0.3, -0.25) is 4.90 Å². The summed E-state index contributed by atoms with van der Waals surface area (Å²) in [5.41, 5.74) is 8.52. The van der Waals surface area contributed by atoms with Crippen molar-refractivity contribution >= 4 is 28.9 Å². The zero-order chi connectivity index (χ0) is 22.7. The Labute approximate surface area is 197 Å². The molecule has 7 heteroatoms. The average molecular weight is 476 g/mol. The zero-order valence-corrected chi connectivity index (χ0v) is 19.0. The molecule has 0 bridgehead atoms. The Balaban J connectivity index is 1.58. The van der Waals surface area contributed by atoms with Crippen LogP contribution in [0.25, 0.3) is 0 Å². The van der Waals surface area contributed by atoms with Gasteiger partial charge in [0.15, 0.2) is 0 Å². The van der Waals surface area contributed by atoms with Gasteiger partial charge in [-0.25, -0.2) is 8.78 Å². The molecule has 168 valence electrons. The predicted molar refractivity (Wildman–Crippen MR) is 127 cm³/mol. The van der Waals surface area contributed by atoms with E-state index in [0.717, 1.165) is 36.7 Å². The van der Waals surface area contributed by atoms with Crippen molar-refractivity contribution in [3.05, 3.63) is 99.5 Å². The Morgan fingerprint density at radius 3 is 1.84 bits per heavy atom. The van der Waals surface area contributed by atoms with Crippen LogP contribution >= 0.6 is 23.2 Å². The number of nitrogens with two attached hydrogens (primary N) is 1. The Morgan fingerprint density at radius 1 is 0.875 bits per heavy atom. The monoisotopic (exact) mass is 475 g/mol. The summed E-state index contributed by atoms with van der Waals surface area (Å²) in [6.07, 6.45) is 0.742. The van der Waals surface area contributed by atoms with E-state index in [1.807, 2.05) is 48.5 Å². The molecule has 0 unspecified atom stereocenters. The highest BCUT2D eigenvalue weighted by molar-refractivity contribution is 6.30. The minimum atomic E-state index is -0.575. The molecule has 1 heterocycles. The molecule has 0 aromatic heterocycles. The first kappa shape index (κ1) is 23.0. The topological polar surface area (TPSA) is 32.5 Å². The predicted octanol–water partition coefficient (Wildman–Crippen LogP) is 5.90. The molecule has 0 aliphatic carbocycles. The van der Waals surface area contributed by atoms with Gasteiger partial charge in [-0.15, -0.1) is 0 Å². The van der Waals surface area contributed by atoms with Crippen molar-refractivity contribution < 1.29 is 8.78 Å². The molecule has 0 atom stereocenters. The van der Waals surface area contributed by atoms with E-state index in [-0.39, 0.29) is 12.1 Å². The number of anilines is 1. The summed E-state index contributed by atoms with van der Waals surface area (Å²) in [5, 5.41) is 1.37. The number of nitrogens with zero attached hydrogens (tertiary/aromatic N) is 2. The van der Waals surface area contributed by atoms with Gasteiger partial charge < -0.3 is 10.6 Å². The quantitative estimate of drug-likeness (QED) is 0.440. The molecule has 1 aliphatic rings. The Hall–Kier alpha value is -2.18. The molecule has 0 amide bonds. The van der Waals surface area contributed by atoms with E-state index in [0.29, 0.717) is 28.8 Å². The Kier molecular flexibility index (Phi) is 7.31. The SMILES string of the molecule is NCCCN(c1cc(F)cc(F)c1)C1CN(C(c2ccc(Cl)cc2)c2ccc(Cl)cc2)C1. The Bertz CT molecular complexity index is 972. The number of hydrogen-bond donors (Lipinski definition) is 1. The first-order chi connectivity index (χ1) is 15.4. The van der Waals surface area contributed by atoms with Gasteiger partial charge >= 0.3 is 0 Å².